The molecule has 0 bridgehead atoms. The number of allylic oxidation sites excluding steroid dienone is 1. The van der Waals surface area contributed by atoms with E-state index in [1.807, 2.05) is 42.5 Å². The Kier molecular flexibility index (Phi) is 13.4. The van der Waals surface area contributed by atoms with Crippen LogP contribution in [0.1, 0.15) is 82.4 Å². The topological polar surface area (TPSA) is 40.1 Å². The van der Waals surface area contributed by atoms with Crippen molar-refractivity contribution in [1.82, 2.24) is 9.96 Å². The summed E-state index contributed by atoms with van der Waals surface area (Å²) in [5.41, 5.74) is 9.16. The smallest absolute Gasteiger partial charge is 0.175 e. The number of aliphatic imine (C=N–C) groups is 1. The number of benzene rings is 2. The molecule has 1 N–H and O–H groups in total. The Bertz CT molecular complexity index is 1390. The molecule has 0 saturated carbocycles. The highest BCUT2D eigenvalue weighted by atomic mass is 19.1. The van der Waals surface area contributed by atoms with E-state index in [4.69, 9.17) is 4.84 Å². The fourth-order valence-corrected chi connectivity index (χ4v) is 6.08. The molecule has 1 fully saturated rings. The number of nitrogens with one attached hydrogen (secondary N) is 1. The molecule has 240 valence electrons. The van der Waals surface area contributed by atoms with Crippen LogP contribution in [0.4, 0.5) is 10.1 Å². The monoisotopic (exact) mass is 610 g/mol. The minimum Gasteiger partial charge on any atom is -0.340 e. The van der Waals surface area contributed by atoms with E-state index >= 15 is 4.39 Å². The van der Waals surface area contributed by atoms with Gasteiger partial charge in [-0.1, -0.05) is 99.2 Å². The van der Waals surface area contributed by atoms with Crippen molar-refractivity contribution in [3.8, 4) is 0 Å². The van der Waals surface area contributed by atoms with Gasteiger partial charge in [-0.25, -0.2) is 14.4 Å². The number of hydrogen-bond donors (Lipinski definition) is 1. The van der Waals surface area contributed by atoms with Crippen LogP contribution in [0.3, 0.4) is 0 Å². The van der Waals surface area contributed by atoms with Gasteiger partial charge >= 0.3 is 0 Å². The summed E-state index contributed by atoms with van der Waals surface area (Å²) in [5, 5.41) is 4.90. The molecular formula is C39H51FN4O. The Morgan fingerprint density at radius 2 is 1.82 bits per heavy atom. The average Bonchev–Trinajstić information content (AvgIpc) is 3.45. The minimum atomic E-state index is -0.482. The fourth-order valence-electron chi connectivity index (χ4n) is 6.08. The molecule has 0 amide bonds. The standard InChI is InChI=1S/C39H51FN4O/c1-6-11-32(28-31(4)22-25-43(5)24-7-2)15-14-30(3)27-33-16-18-35(19-17-33)42-39-21-20-38(36(40)29-41-39)44-37(23-26-45-44)34-12-9-8-10-13-34/h8-10,12-13,16-19,21,29,32,37H,3-4,6-7,11,14-15,22-28H2,1-2,5H3,(H,41,42)/t32?,37-/m0/s1. The molecule has 0 aliphatic carbocycles. The van der Waals surface area contributed by atoms with Gasteiger partial charge in [0.05, 0.1) is 18.8 Å². The zero-order valence-corrected chi connectivity index (χ0v) is 27.5. The van der Waals surface area contributed by atoms with Gasteiger partial charge in [-0.15, -0.1) is 0 Å². The molecule has 45 heavy (non-hydrogen) atoms. The number of rotatable bonds is 17. The molecule has 0 radical (unpaired) electrons. The molecule has 2 heterocycles. The third kappa shape index (κ3) is 10.7. The summed E-state index contributed by atoms with van der Waals surface area (Å²) in [5.74, 6) is 0.698. The van der Waals surface area contributed by atoms with Crippen molar-refractivity contribution in [3.63, 3.8) is 0 Å². The number of hydroxylamine groups is 2. The normalized spacial score (nSPS) is 17.0. The number of nitrogens with zero attached hydrogens (tertiary/aromatic N) is 3. The lowest BCUT2D eigenvalue weighted by atomic mass is 9.88. The molecule has 2 aliphatic heterocycles. The Hall–Kier alpha value is -3.70. The molecule has 2 aromatic carbocycles. The van der Waals surface area contributed by atoms with E-state index in [-0.39, 0.29) is 11.7 Å². The molecule has 2 aromatic rings. The predicted molar refractivity (Wildman–Crippen MR) is 187 cm³/mol. The third-order valence-corrected chi connectivity index (χ3v) is 8.51. The lowest BCUT2D eigenvalue weighted by molar-refractivity contribution is -0.101. The molecule has 1 unspecified atom stereocenters. The Morgan fingerprint density at radius 3 is 2.56 bits per heavy atom. The van der Waals surface area contributed by atoms with Gasteiger partial charge in [0, 0.05) is 24.7 Å². The van der Waals surface area contributed by atoms with Gasteiger partial charge in [0.1, 0.15) is 11.5 Å². The zero-order chi connectivity index (χ0) is 32.0. The molecule has 2 aliphatic rings. The van der Waals surface area contributed by atoms with Crippen molar-refractivity contribution in [2.45, 2.75) is 77.7 Å². The number of hydrogen-bond acceptors (Lipinski definition) is 5. The predicted octanol–water partition coefficient (Wildman–Crippen LogP) is 9.71. The van der Waals surface area contributed by atoms with Crippen LogP contribution < -0.4 is 5.32 Å². The summed E-state index contributed by atoms with van der Waals surface area (Å²) in [4.78, 5) is 12.5. The van der Waals surface area contributed by atoms with Gasteiger partial charge in [-0.2, -0.15) is 0 Å². The van der Waals surface area contributed by atoms with Crippen LogP contribution in [0.25, 0.3) is 0 Å². The van der Waals surface area contributed by atoms with Crippen LogP contribution in [0.15, 0.2) is 113 Å². The van der Waals surface area contributed by atoms with Gasteiger partial charge in [0.2, 0.25) is 0 Å². The summed E-state index contributed by atoms with van der Waals surface area (Å²) >= 11 is 0. The molecule has 5 nitrogen and oxygen atoms in total. The summed E-state index contributed by atoms with van der Waals surface area (Å²) in [6.45, 7) is 16.1. The molecule has 6 heteroatoms. The molecule has 0 aromatic heterocycles. The highest BCUT2D eigenvalue weighted by Crippen LogP contribution is 2.36. The fraction of sp³-hybridized carbons (Fsp3) is 0.436. The second-order valence-corrected chi connectivity index (χ2v) is 12.5. The first-order valence-electron chi connectivity index (χ1n) is 16.6. The Labute approximate surface area is 270 Å². The van der Waals surface area contributed by atoms with Crippen molar-refractivity contribution in [2.24, 2.45) is 10.9 Å². The van der Waals surface area contributed by atoms with Crippen LogP contribution in [0, 0.1) is 5.92 Å². The van der Waals surface area contributed by atoms with Crippen molar-refractivity contribution in [2.75, 3.05) is 32.1 Å². The first-order chi connectivity index (χ1) is 21.9. The molecular weight excluding hydrogens is 559 g/mol. The molecule has 2 atom stereocenters. The van der Waals surface area contributed by atoms with Gasteiger partial charge in [0.25, 0.3) is 0 Å². The van der Waals surface area contributed by atoms with E-state index < -0.39 is 5.83 Å². The van der Waals surface area contributed by atoms with E-state index in [9.17, 15) is 0 Å². The van der Waals surface area contributed by atoms with E-state index in [0.29, 0.717) is 18.4 Å². The largest absolute Gasteiger partial charge is 0.340 e. The van der Waals surface area contributed by atoms with Crippen LogP contribution in [-0.4, -0.2) is 42.5 Å². The summed E-state index contributed by atoms with van der Waals surface area (Å²) in [6, 6.07) is 18.2. The molecule has 1 saturated heterocycles. The van der Waals surface area contributed by atoms with Gasteiger partial charge < -0.3 is 10.2 Å². The van der Waals surface area contributed by atoms with Gasteiger partial charge in [-0.3, -0.25) is 4.84 Å². The number of amidine groups is 1. The van der Waals surface area contributed by atoms with Crippen LogP contribution in [-0.2, 0) is 11.3 Å². The lowest BCUT2D eigenvalue weighted by Crippen LogP contribution is -2.21. The maximum Gasteiger partial charge on any atom is 0.175 e. The lowest BCUT2D eigenvalue weighted by Gasteiger charge is -2.24. The van der Waals surface area contributed by atoms with E-state index in [1.54, 1.807) is 11.1 Å². The first kappa shape index (κ1) is 34.2. The number of anilines is 1. The second-order valence-electron chi connectivity index (χ2n) is 12.5. The summed E-state index contributed by atoms with van der Waals surface area (Å²) in [7, 11) is 2.20. The maximum atomic E-state index is 15.1. The van der Waals surface area contributed by atoms with E-state index in [2.05, 4.69) is 67.1 Å². The van der Waals surface area contributed by atoms with Crippen LogP contribution >= 0.6 is 0 Å². The van der Waals surface area contributed by atoms with Gasteiger partial charge in [0.15, 0.2) is 5.83 Å². The average molecular weight is 611 g/mol. The van der Waals surface area contributed by atoms with Crippen molar-refractivity contribution in [1.29, 1.82) is 0 Å². The highest BCUT2D eigenvalue weighted by Gasteiger charge is 2.31. The summed E-state index contributed by atoms with van der Waals surface area (Å²) < 4.78 is 15.1. The van der Waals surface area contributed by atoms with E-state index in [1.165, 1.54) is 42.2 Å². The van der Waals surface area contributed by atoms with Crippen LogP contribution in [0.2, 0.25) is 0 Å². The molecule has 0 spiro atoms. The zero-order valence-electron chi connectivity index (χ0n) is 27.5. The van der Waals surface area contributed by atoms with Crippen molar-refractivity contribution < 1.29 is 9.23 Å². The van der Waals surface area contributed by atoms with Crippen molar-refractivity contribution in [3.05, 3.63) is 120 Å². The highest BCUT2D eigenvalue weighted by molar-refractivity contribution is 6.04. The Balaban J connectivity index is 1.28. The summed E-state index contributed by atoms with van der Waals surface area (Å²) in [6.07, 6.45) is 12.6. The minimum absolute atomic E-state index is 0.0716. The molecule has 4 rings (SSSR count). The van der Waals surface area contributed by atoms with Gasteiger partial charge in [-0.05, 0) is 81.3 Å². The van der Waals surface area contributed by atoms with Crippen LogP contribution in [0.5, 0.6) is 0 Å². The SMILES string of the molecule is C=C(CCC(CCC)CC(=C)CCN(C)CCC)Cc1ccc(NC2=NC=C(F)C(N3OCC[C@H]3c3ccccc3)=C=C2)cc1. The van der Waals surface area contributed by atoms with E-state index in [0.717, 1.165) is 62.9 Å². The third-order valence-electron chi connectivity index (χ3n) is 8.51. The quantitative estimate of drug-likeness (QED) is 0.143. The number of halogens is 1. The Morgan fingerprint density at radius 1 is 1.04 bits per heavy atom. The maximum absolute atomic E-state index is 15.1. The van der Waals surface area contributed by atoms with Crippen molar-refractivity contribution >= 4 is 11.5 Å². The first-order valence-corrected chi connectivity index (χ1v) is 16.6. The second kappa shape index (κ2) is 17.7.